The molecule has 0 amide bonds. The number of para-hydroxylation sites is 4. The number of hydrogen-bond donors (Lipinski definition) is 2. The molecule has 46 heavy (non-hydrogen) atoms. The second kappa shape index (κ2) is 11.8. The summed E-state index contributed by atoms with van der Waals surface area (Å²) in [6, 6.07) is 29.6. The summed E-state index contributed by atoms with van der Waals surface area (Å²) in [5.41, 5.74) is 19.0. The highest BCUT2D eigenvalue weighted by Crippen LogP contribution is 2.32. The summed E-state index contributed by atoms with van der Waals surface area (Å²) in [6.45, 7) is 0. The van der Waals surface area contributed by atoms with Crippen LogP contribution in [0, 0.1) is 0 Å². The molecule has 10 nitrogen and oxygen atoms in total. The lowest BCUT2D eigenvalue weighted by atomic mass is 9.91. The van der Waals surface area contributed by atoms with Gasteiger partial charge in [-0.25, -0.2) is 9.97 Å². The number of nitrogens with two attached hydrogens (primary N) is 2. The van der Waals surface area contributed by atoms with Crippen molar-refractivity contribution in [2.24, 2.45) is 0 Å². The van der Waals surface area contributed by atoms with Crippen LogP contribution in [0.3, 0.4) is 0 Å². The molecule has 3 aromatic carbocycles. The number of carbonyl (C=O) groups is 2. The maximum atomic E-state index is 11.8. The molecule has 5 aromatic heterocycles. The van der Waals surface area contributed by atoms with E-state index in [2.05, 4.69) is 19.9 Å². The minimum Gasteiger partial charge on any atom is -0.397 e. The lowest BCUT2D eigenvalue weighted by Crippen LogP contribution is -2.22. The average molecular weight is 601 g/mol. The predicted octanol–water partition coefficient (Wildman–Crippen LogP) is 6.25. The molecule has 0 spiro atoms. The maximum Gasteiger partial charge on any atom is 0.235 e. The molecule has 8 aromatic rings. The highest BCUT2D eigenvalue weighted by Gasteiger charge is 2.31. The molecule has 0 saturated carbocycles. The van der Waals surface area contributed by atoms with Crippen molar-refractivity contribution < 1.29 is 9.59 Å². The molecular formula is C36H24N8O2. The van der Waals surface area contributed by atoms with Crippen molar-refractivity contribution >= 4 is 66.8 Å². The fourth-order valence-electron chi connectivity index (χ4n) is 5.26. The van der Waals surface area contributed by atoms with Gasteiger partial charge in [-0.15, -0.1) is 0 Å². The van der Waals surface area contributed by atoms with Crippen LogP contribution in [0.2, 0.25) is 0 Å². The van der Waals surface area contributed by atoms with Crippen molar-refractivity contribution in [3.8, 4) is 11.4 Å². The number of Topliss-reactive ketones (excluding diaryl/α,β-unsaturated/α-hetero) is 2. The van der Waals surface area contributed by atoms with Gasteiger partial charge in [-0.05, 0) is 72.8 Å². The zero-order chi connectivity index (χ0) is 31.6. The van der Waals surface area contributed by atoms with Crippen molar-refractivity contribution in [3.05, 3.63) is 133 Å². The average Bonchev–Trinajstić information content (AvgIpc) is 3.12. The fraction of sp³-hybridized carbons (Fsp3) is 0. The van der Waals surface area contributed by atoms with Crippen LogP contribution in [0.4, 0.5) is 11.4 Å². The number of nitrogens with zero attached hydrogens (tertiary/aromatic N) is 6. The highest BCUT2D eigenvalue weighted by molar-refractivity contribution is 6.52. The first-order valence-electron chi connectivity index (χ1n) is 14.3. The molecule has 0 fully saturated rings. The Morgan fingerprint density at radius 3 is 1.24 bits per heavy atom. The lowest BCUT2D eigenvalue weighted by Gasteiger charge is -2.14. The first-order chi connectivity index (χ1) is 22.5. The molecule has 0 radical (unpaired) electrons. The topological polar surface area (TPSA) is 164 Å². The van der Waals surface area contributed by atoms with Crippen molar-refractivity contribution in [2.45, 2.75) is 0 Å². The second-order valence-corrected chi connectivity index (χ2v) is 10.3. The molecule has 4 N–H and O–H groups in total. The third-order valence-electron chi connectivity index (χ3n) is 7.45. The molecule has 10 heteroatoms. The minimum absolute atomic E-state index is 0.332. The lowest BCUT2D eigenvalue weighted by molar-refractivity contribution is 0.0814. The van der Waals surface area contributed by atoms with Crippen molar-refractivity contribution in [1.82, 2.24) is 29.9 Å². The Labute approximate surface area is 261 Å². The van der Waals surface area contributed by atoms with E-state index in [0.717, 1.165) is 43.9 Å². The van der Waals surface area contributed by atoms with Gasteiger partial charge in [0.1, 0.15) is 11.4 Å². The van der Waals surface area contributed by atoms with Gasteiger partial charge in [0, 0.05) is 35.6 Å². The number of fused-ring (bicyclic) bond motifs is 10. The number of aromatic nitrogens is 6. The number of hydrogen-bond acceptors (Lipinski definition) is 10. The Morgan fingerprint density at radius 2 is 0.804 bits per heavy atom. The molecule has 5 heterocycles. The van der Waals surface area contributed by atoms with Crippen LogP contribution in [0.5, 0.6) is 0 Å². The van der Waals surface area contributed by atoms with Gasteiger partial charge < -0.3 is 11.5 Å². The Kier molecular flexibility index (Phi) is 7.20. The Bertz CT molecular complexity index is 2290. The molecule has 0 atom stereocenters. The summed E-state index contributed by atoms with van der Waals surface area (Å²) in [7, 11) is 0. The summed E-state index contributed by atoms with van der Waals surface area (Å²) in [4.78, 5) is 50.4. The van der Waals surface area contributed by atoms with Gasteiger partial charge >= 0.3 is 0 Å². The van der Waals surface area contributed by atoms with Crippen molar-refractivity contribution in [2.75, 3.05) is 11.5 Å². The minimum atomic E-state index is -0.511. The van der Waals surface area contributed by atoms with Gasteiger partial charge in [0.2, 0.25) is 11.6 Å². The van der Waals surface area contributed by atoms with Gasteiger partial charge in [-0.2, -0.15) is 0 Å². The van der Waals surface area contributed by atoms with Crippen LogP contribution in [0.15, 0.2) is 122 Å². The first kappa shape index (κ1) is 28.1. The summed E-state index contributed by atoms with van der Waals surface area (Å²) in [6.07, 6.45) is 6.74. The number of benzene rings is 3. The van der Waals surface area contributed by atoms with Crippen LogP contribution in [-0.4, -0.2) is 41.5 Å². The van der Waals surface area contributed by atoms with Gasteiger partial charge in [-0.3, -0.25) is 29.5 Å². The zero-order valence-corrected chi connectivity index (χ0v) is 24.2. The van der Waals surface area contributed by atoms with Crippen LogP contribution < -0.4 is 11.5 Å². The van der Waals surface area contributed by atoms with Gasteiger partial charge in [0.15, 0.2) is 0 Å². The van der Waals surface area contributed by atoms with E-state index in [1.54, 1.807) is 61.2 Å². The number of nitrogen functional groups attached to an aromatic ring is 2. The largest absolute Gasteiger partial charge is 0.397 e. The van der Waals surface area contributed by atoms with Crippen LogP contribution in [-0.2, 0) is 0 Å². The van der Waals surface area contributed by atoms with Gasteiger partial charge in [-0.1, -0.05) is 24.3 Å². The Balaban J connectivity index is 0.000000123. The Hall–Kier alpha value is -6.68. The van der Waals surface area contributed by atoms with E-state index >= 15 is 0 Å². The first-order valence-corrected chi connectivity index (χ1v) is 14.3. The van der Waals surface area contributed by atoms with Crippen LogP contribution in [0.1, 0.15) is 20.7 Å². The monoisotopic (exact) mass is 600 g/mol. The molecule has 9 rings (SSSR count). The molecule has 0 aliphatic heterocycles. The van der Waals surface area contributed by atoms with Gasteiger partial charge in [0.25, 0.3) is 0 Å². The molecule has 0 saturated heterocycles. The van der Waals surface area contributed by atoms with E-state index in [0.29, 0.717) is 33.9 Å². The van der Waals surface area contributed by atoms with Crippen molar-refractivity contribution in [3.63, 3.8) is 0 Å². The molecule has 0 unspecified atom stereocenters. The van der Waals surface area contributed by atoms with E-state index in [4.69, 9.17) is 21.4 Å². The molecule has 1 aliphatic rings. The third kappa shape index (κ3) is 4.99. The highest BCUT2D eigenvalue weighted by atomic mass is 16.2. The van der Waals surface area contributed by atoms with E-state index < -0.39 is 11.6 Å². The number of carbonyl (C=O) groups excluding carboxylic acids is 2. The number of anilines is 2. The molecular weight excluding hydrogens is 576 g/mol. The smallest absolute Gasteiger partial charge is 0.235 e. The van der Waals surface area contributed by atoms with E-state index in [-0.39, 0.29) is 0 Å². The molecule has 1 aliphatic carbocycles. The number of pyridine rings is 4. The second-order valence-electron chi connectivity index (χ2n) is 10.3. The summed E-state index contributed by atoms with van der Waals surface area (Å²) < 4.78 is 0. The van der Waals surface area contributed by atoms with Gasteiger partial charge in [0.05, 0.1) is 55.6 Å². The third-order valence-corrected chi connectivity index (χ3v) is 7.45. The molecule has 0 bridgehead atoms. The van der Waals surface area contributed by atoms with Crippen molar-refractivity contribution in [1.29, 1.82) is 0 Å². The van der Waals surface area contributed by atoms with E-state index in [1.807, 2.05) is 60.7 Å². The summed E-state index contributed by atoms with van der Waals surface area (Å²) >= 11 is 0. The standard InChI is InChI=1S/C18H10N4.C12H6N2O2.C6H8N2/c1-2-8-14-13(7-1)21-17-11-5-3-9-19-15(11)16-12(18(17)22-14)6-4-10-20-16;15-11-7-3-1-5-13-9(7)10-8(12(11)16)4-2-6-14-10;7-5-3-1-2-4-6(5)8/h1-10H;1-6H;1-4H,7-8H2. The summed E-state index contributed by atoms with van der Waals surface area (Å²) in [5.74, 6) is -1.02. The predicted molar refractivity (Wildman–Crippen MR) is 179 cm³/mol. The van der Waals surface area contributed by atoms with Crippen LogP contribution >= 0.6 is 0 Å². The normalized spacial score (nSPS) is 11.7. The molecule has 220 valence electrons. The number of ketones is 2. The zero-order valence-electron chi connectivity index (χ0n) is 24.2. The van der Waals surface area contributed by atoms with E-state index in [1.165, 1.54) is 0 Å². The number of rotatable bonds is 0. The Morgan fingerprint density at radius 1 is 0.413 bits per heavy atom. The SMILES string of the molecule is Nc1ccccc1N.O=C1C(=O)c2cccnc2-c2ncccc21.c1ccc2nc3c4cccnc4c4ncccc4c3nc2c1. The quantitative estimate of drug-likeness (QED) is 0.0879. The van der Waals surface area contributed by atoms with E-state index in [9.17, 15) is 9.59 Å². The maximum absolute atomic E-state index is 11.8. The fourth-order valence-corrected chi connectivity index (χ4v) is 5.26. The van der Waals surface area contributed by atoms with Crippen LogP contribution in [0.25, 0.3) is 55.3 Å². The summed E-state index contributed by atoms with van der Waals surface area (Å²) in [5, 5.41) is 1.98.